The van der Waals surface area contributed by atoms with Gasteiger partial charge in [-0.25, -0.2) is 15.0 Å². The quantitative estimate of drug-likeness (QED) is 0.155. The molecule has 6 rings (SSSR count). The Morgan fingerprint density at radius 2 is 1.27 bits per heavy atom. The molecule has 8 heteroatoms. The summed E-state index contributed by atoms with van der Waals surface area (Å²) >= 11 is 0. The lowest BCUT2D eigenvalue weighted by molar-refractivity contribution is -0.117. The first kappa shape index (κ1) is 32.9. The SMILES string of the molecule is C=C1NC(=C)/C(=C\c2ccc(N(C)Cc3cc(C)c(O)c(-c4nc(-c5ccc(C)cc5C)nc(-c5ccc(C)cc5C)n4)c3)cc2)C(=O)N1. The molecule has 49 heavy (non-hydrogen) atoms. The van der Waals surface area contributed by atoms with Crippen molar-refractivity contribution < 1.29 is 9.90 Å². The van der Waals surface area contributed by atoms with E-state index in [2.05, 4.69) is 80.7 Å². The summed E-state index contributed by atoms with van der Waals surface area (Å²) in [7, 11) is 2.01. The molecule has 1 fully saturated rings. The molecule has 1 amide bonds. The van der Waals surface area contributed by atoms with Crippen molar-refractivity contribution >= 4 is 17.7 Å². The van der Waals surface area contributed by atoms with Gasteiger partial charge in [0.05, 0.1) is 11.1 Å². The van der Waals surface area contributed by atoms with Gasteiger partial charge in [-0.1, -0.05) is 78.9 Å². The van der Waals surface area contributed by atoms with Crippen LogP contribution in [0.25, 0.3) is 40.2 Å². The molecule has 4 aromatic carbocycles. The lowest BCUT2D eigenvalue weighted by atomic mass is 10.0. The number of nitrogens with one attached hydrogen (secondary N) is 2. The second kappa shape index (κ2) is 13.2. The summed E-state index contributed by atoms with van der Waals surface area (Å²) in [6, 6.07) is 24.3. The van der Waals surface area contributed by atoms with Gasteiger partial charge in [0, 0.05) is 36.1 Å². The lowest BCUT2D eigenvalue weighted by Gasteiger charge is -2.22. The van der Waals surface area contributed by atoms with E-state index < -0.39 is 0 Å². The highest BCUT2D eigenvalue weighted by Gasteiger charge is 2.21. The van der Waals surface area contributed by atoms with Crippen molar-refractivity contribution in [1.82, 2.24) is 25.6 Å². The third kappa shape index (κ3) is 6.99. The van der Waals surface area contributed by atoms with Crippen LogP contribution in [0.15, 0.2) is 103 Å². The van der Waals surface area contributed by atoms with E-state index in [1.165, 1.54) is 0 Å². The first-order chi connectivity index (χ1) is 23.4. The Hall–Kier alpha value is -6.02. The van der Waals surface area contributed by atoms with Gasteiger partial charge in [-0.05, 0) is 86.7 Å². The Balaban J connectivity index is 1.35. The molecular weight excluding hydrogens is 608 g/mol. The summed E-state index contributed by atoms with van der Waals surface area (Å²) in [4.78, 5) is 29.4. The molecule has 0 unspecified atom stereocenters. The first-order valence-electron chi connectivity index (χ1n) is 16.1. The van der Waals surface area contributed by atoms with E-state index in [0.29, 0.717) is 46.7 Å². The number of hydrogen-bond acceptors (Lipinski definition) is 7. The van der Waals surface area contributed by atoms with Crippen LogP contribution in [0.1, 0.15) is 38.9 Å². The average molecular weight is 649 g/mol. The van der Waals surface area contributed by atoms with Crippen LogP contribution in [0.3, 0.4) is 0 Å². The van der Waals surface area contributed by atoms with E-state index in [0.717, 1.165) is 55.8 Å². The van der Waals surface area contributed by atoms with Crippen LogP contribution in [-0.4, -0.2) is 33.0 Å². The van der Waals surface area contributed by atoms with E-state index >= 15 is 0 Å². The maximum Gasteiger partial charge on any atom is 0.258 e. The molecule has 0 atom stereocenters. The molecule has 0 spiro atoms. The number of aromatic hydroxyl groups is 1. The Morgan fingerprint density at radius 1 is 0.714 bits per heavy atom. The number of aryl methyl sites for hydroxylation is 5. The van der Waals surface area contributed by atoms with Gasteiger partial charge in [0.25, 0.3) is 5.91 Å². The van der Waals surface area contributed by atoms with Crippen LogP contribution in [0.4, 0.5) is 5.69 Å². The molecule has 3 N–H and O–H groups in total. The van der Waals surface area contributed by atoms with Crippen LogP contribution < -0.4 is 15.5 Å². The van der Waals surface area contributed by atoms with Gasteiger partial charge in [-0.15, -0.1) is 0 Å². The molecule has 0 bridgehead atoms. The van der Waals surface area contributed by atoms with Crippen LogP contribution in [0.5, 0.6) is 5.75 Å². The zero-order valence-electron chi connectivity index (χ0n) is 28.8. The predicted octanol–water partition coefficient (Wildman–Crippen LogP) is 7.84. The van der Waals surface area contributed by atoms with E-state index in [4.69, 9.17) is 15.0 Å². The number of anilines is 1. The van der Waals surface area contributed by atoms with E-state index in [1.807, 2.05) is 62.5 Å². The second-order valence-electron chi connectivity index (χ2n) is 12.8. The number of hydrogen-bond donors (Lipinski definition) is 3. The van der Waals surface area contributed by atoms with Gasteiger partial charge in [0.2, 0.25) is 0 Å². The molecule has 0 saturated carbocycles. The van der Waals surface area contributed by atoms with Crippen LogP contribution in [0.2, 0.25) is 0 Å². The van der Waals surface area contributed by atoms with E-state index in [1.54, 1.807) is 6.08 Å². The minimum Gasteiger partial charge on any atom is -0.507 e. The smallest absolute Gasteiger partial charge is 0.258 e. The highest BCUT2D eigenvalue weighted by atomic mass is 16.3. The Morgan fingerprint density at radius 3 is 1.80 bits per heavy atom. The summed E-state index contributed by atoms with van der Waals surface area (Å²) in [5, 5.41) is 17.0. The average Bonchev–Trinajstić information content (AvgIpc) is 3.04. The van der Waals surface area contributed by atoms with Crippen LogP contribution in [-0.2, 0) is 11.3 Å². The van der Waals surface area contributed by atoms with Crippen molar-refractivity contribution in [2.24, 2.45) is 0 Å². The Bertz CT molecular complexity index is 2090. The van der Waals surface area contributed by atoms with Gasteiger partial charge in [0.1, 0.15) is 11.6 Å². The number of benzene rings is 4. The van der Waals surface area contributed by atoms with E-state index in [-0.39, 0.29) is 11.7 Å². The van der Waals surface area contributed by atoms with Crippen molar-refractivity contribution in [3.63, 3.8) is 0 Å². The molecule has 1 aromatic heterocycles. The number of carbonyl (C=O) groups is 1. The third-order valence-corrected chi connectivity index (χ3v) is 8.68. The fourth-order valence-corrected chi connectivity index (χ4v) is 6.11. The number of phenols is 1. The summed E-state index contributed by atoms with van der Waals surface area (Å²) in [5.74, 6) is 1.84. The summed E-state index contributed by atoms with van der Waals surface area (Å²) in [6.45, 7) is 18.4. The molecule has 246 valence electrons. The monoisotopic (exact) mass is 648 g/mol. The Kier molecular flexibility index (Phi) is 8.89. The predicted molar refractivity (Wildman–Crippen MR) is 198 cm³/mol. The largest absolute Gasteiger partial charge is 0.507 e. The molecule has 1 aliphatic heterocycles. The number of rotatable bonds is 7. The number of phenolic OH excluding ortho intramolecular Hbond substituents is 1. The van der Waals surface area contributed by atoms with Gasteiger partial charge >= 0.3 is 0 Å². The summed E-state index contributed by atoms with van der Waals surface area (Å²) < 4.78 is 0. The van der Waals surface area contributed by atoms with Crippen LogP contribution in [0, 0.1) is 34.6 Å². The molecule has 5 aromatic rings. The van der Waals surface area contributed by atoms with Crippen molar-refractivity contribution in [3.8, 4) is 39.9 Å². The van der Waals surface area contributed by atoms with Gasteiger partial charge in [-0.3, -0.25) is 4.79 Å². The van der Waals surface area contributed by atoms with Crippen molar-refractivity contribution in [1.29, 1.82) is 0 Å². The van der Waals surface area contributed by atoms with Crippen molar-refractivity contribution in [3.05, 3.63) is 142 Å². The molecule has 0 aliphatic carbocycles. The molecule has 1 saturated heterocycles. The van der Waals surface area contributed by atoms with Gasteiger partial charge in [-0.2, -0.15) is 0 Å². The lowest BCUT2D eigenvalue weighted by Crippen LogP contribution is -2.39. The summed E-state index contributed by atoms with van der Waals surface area (Å²) in [5.41, 5.74) is 11.4. The Labute approximate surface area is 287 Å². The third-order valence-electron chi connectivity index (χ3n) is 8.68. The first-order valence-corrected chi connectivity index (χ1v) is 16.1. The minimum atomic E-state index is -0.242. The van der Waals surface area contributed by atoms with E-state index in [9.17, 15) is 9.90 Å². The fraction of sp³-hybridized carbons (Fsp3) is 0.171. The molecule has 1 aliphatic rings. The second-order valence-corrected chi connectivity index (χ2v) is 12.8. The highest BCUT2D eigenvalue weighted by Crippen LogP contribution is 2.35. The molecule has 2 heterocycles. The topological polar surface area (TPSA) is 103 Å². The number of amides is 1. The molecule has 8 nitrogen and oxygen atoms in total. The molecular formula is C41H40N6O2. The summed E-state index contributed by atoms with van der Waals surface area (Å²) in [6.07, 6.45) is 1.80. The fourth-order valence-electron chi connectivity index (χ4n) is 6.11. The zero-order valence-corrected chi connectivity index (χ0v) is 28.8. The normalized spacial score (nSPS) is 13.8. The highest BCUT2D eigenvalue weighted by molar-refractivity contribution is 6.04. The standard InChI is InChI=1S/C41H40N6O2/c1-23-9-15-33(25(3)17-23)38-44-39(34-16-10-24(2)18-26(34)4)46-40(45-38)36-21-31(19-27(5)37(36)48)22-47(8)32-13-11-30(12-14-32)20-35-28(6)42-29(7)43-41(35)49/h9-21,42,48H,6-7,22H2,1-5,8H3,(H,43,49)/b35-20+. The number of aromatic nitrogens is 3. The van der Waals surface area contributed by atoms with Crippen molar-refractivity contribution in [2.75, 3.05) is 11.9 Å². The minimum absolute atomic E-state index is 0.138. The number of nitrogens with zero attached hydrogens (tertiary/aromatic N) is 4. The number of carbonyl (C=O) groups excluding carboxylic acids is 1. The maximum absolute atomic E-state index is 12.4. The van der Waals surface area contributed by atoms with Gasteiger partial charge < -0.3 is 20.6 Å². The van der Waals surface area contributed by atoms with Gasteiger partial charge in [0.15, 0.2) is 17.5 Å². The van der Waals surface area contributed by atoms with Crippen LogP contribution >= 0.6 is 0 Å². The molecule has 0 radical (unpaired) electrons. The zero-order chi connectivity index (χ0) is 35.0. The maximum atomic E-state index is 12.4. The van der Waals surface area contributed by atoms with Crippen molar-refractivity contribution in [2.45, 2.75) is 41.2 Å².